The van der Waals surface area contributed by atoms with Crippen molar-refractivity contribution in [2.45, 2.75) is 13.1 Å². The van der Waals surface area contributed by atoms with Crippen LogP contribution in [0.5, 0.6) is 0 Å². The van der Waals surface area contributed by atoms with E-state index in [4.69, 9.17) is 11.6 Å². The van der Waals surface area contributed by atoms with E-state index in [1.54, 1.807) is 6.08 Å². The molecule has 0 unspecified atom stereocenters. The van der Waals surface area contributed by atoms with Crippen LogP contribution in [0.1, 0.15) is 0 Å². The van der Waals surface area contributed by atoms with Gasteiger partial charge in [-0.25, -0.2) is 4.79 Å². The second kappa shape index (κ2) is 4.66. The molecule has 0 aliphatic carbocycles. The van der Waals surface area contributed by atoms with E-state index < -0.39 is 11.2 Å². The lowest BCUT2D eigenvalue weighted by molar-refractivity contribution is 0.646. The minimum atomic E-state index is -0.463. The number of imidazole rings is 1. The summed E-state index contributed by atoms with van der Waals surface area (Å²) < 4.78 is 2.39. The van der Waals surface area contributed by atoms with Crippen molar-refractivity contribution < 1.29 is 0 Å². The van der Waals surface area contributed by atoms with Crippen molar-refractivity contribution in [3.05, 3.63) is 51.4 Å². The third-order valence-corrected chi connectivity index (χ3v) is 2.63. The van der Waals surface area contributed by atoms with Gasteiger partial charge in [0.25, 0.3) is 5.56 Å². The molecule has 2 heterocycles. The smallest absolute Gasteiger partial charge is 0.323 e. The summed E-state index contributed by atoms with van der Waals surface area (Å²) in [5, 5.41) is 0.0654. The van der Waals surface area contributed by atoms with Crippen LogP contribution in [-0.2, 0) is 13.1 Å². The fourth-order valence-electron chi connectivity index (χ4n) is 1.72. The first-order chi connectivity index (χ1) is 8.60. The van der Waals surface area contributed by atoms with E-state index in [9.17, 15) is 9.59 Å². The number of allylic oxidation sites excluding steroid dienone is 2. The molecule has 6 nitrogen and oxygen atoms in total. The second-order valence-electron chi connectivity index (χ2n) is 3.61. The molecular formula is C11H11ClN4O2. The Morgan fingerprint density at radius 1 is 1.22 bits per heavy atom. The molecule has 0 radical (unpaired) electrons. The van der Waals surface area contributed by atoms with Crippen molar-refractivity contribution in [3.8, 4) is 0 Å². The molecule has 18 heavy (non-hydrogen) atoms. The number of fused-ring (bicyclic) bond motifs is 1. The summed E-state index contributed by atoms with van der Waals surface area (Å²) in [6.07, 6.45) is 3.02. The highest BCUT2D eigenvalue weighted by atomic mass is 35.5. The number of halogens is 1. The van der Waals surface area contributed by atoms with Crippen LogP contribution in [0.15, 0.2) is 34.9 Å². The van der Waals surface area contributed by atoms with Gasteiger partial charge in [0.15, 0.2) is 11.2 Å². The highest BCUT2D eigenvalue weighted by Gasteiger charge is 2.15. The fraction of sp³-hybridized carbons (Fsp3) is 0.182. The van der Waals surface area contributed by atoms with Crippen LogP contribution in [-0.4, -0.2) is 19.1 Å². The Labute approximate surface area is 107 Å². The van der Waals surface area contributed by atoms with Gasteiger partial charge in [-0.2, -0.15) is 4.98 Å². The molecule has 0 saturated heterocycles. The van der Waals surface area contributed by atoms with Crippen LogP contribution in [0.4, 0.5) is 0 Å². The zero-order valence-corrected chi connectivity index (χ0v) is 10.3. The minimum Gasteiger partial charge on any atom is -0.323 e. The molecule has 2 rings (SSSR count). The Kier molecular flexibility index (Phi) is 3.20. The Morgan fingerprint density at radius 2 is 1.83 bits per heavy atom. The SMILES string of the molecule is C=CCn1c(=O)c2[nH]c(Cl)nc2n(CC=C)c1=O. The molecule has 7 heteroatoms. The van der Waals surface area contributed by atoms with Gasteiger partial charge in [0.1, 0.15) is 0 Å². The van der Waals surface area contributed by atoms with Gasteiger partial charge in [-0.1, -0.05) is 12.2 Å². The number of aromatic nitrogens is 4. The maximum absolute atomic E-state index is 12.1. The van der Waals surface area contributed by atoms with E-state index in [2.05, 4.69) is 23.1 Å². The molecule has 2 aromatic rings. The molecule has 0 aliphatic heterocycles. The maximum Gasteiger partial charge on any atom is 0.333 e. The maximum atomic E-state index is 12.1. The van der Waals surface area contributed by atoms with Gasteiger partial charge in [0.05, 0.1) is 0 Å². The molecule has 1 N–H and O–H groups in total. The average Bonchev–Trinajstić information content (AvgIpc) is 2.72. The number of aromatic amines is 1. The topological polar surface area (TPSA) is 72.7 Å². The first-order valence-electron chi connectivity index (χ1n) is 5.20. The van der Waals surface area contributed by atoms with E-state index in [1.165, 1.54) is 10.6 Å². The number of hydrogen-bond acceptors (Lipinski definition) is 3. The van der Waals surface area contributed by atoms with Crippen LogP contribution >= 0.6 is 11.6 Å². The summed E-state index contributed by atoms with van der Waals surface area (Å²) in [7, 11) is 0. The number of nitrogens with zero attached hydrogens (tertiary/aromatic N) is 3. The lowest BCUT2D eigenvalue weighted by Crippen LogP contribution is -2.39. The zero-order valence-electron chi connectivity index (χ0n) is 9.52. The highest BCUT2D eigenvalue weighted by Crippen LogP contribution is 2.09. The number of nitrogens with one attached hydrogen (secondary N) is 1. The molecule has 2 aromatic heterocycles. The molecule has 0 atom stereocenters. The standard InChI is InChI=1S/C11H11ClN4O2/c1-3-5-15-8-7(13-10(12)14-8)9(17)16(6-4-2)11(15)18/h3-4H,1-2,5-6H2,(H,13,14). The number of H-pyrrole nitrogens is 1. The average molecular weight is 267 g/mol. The lowest BCUT2D eigenvalue weighted by Gasteiger charge is -2.07. The van der Waals surface area contributed by atoms with E-state index in [-0.39, 0.29) is 29.5 Å². The molecule has 0 amide bonds. The van der Waals surface area contributed by atoms with E-state index >= 15 is 0 Å². The van der Waals surface area contributed by atoms with Crippen molar-refractivity contribution in [1.82, 2.24) is 19.1 Å². The third kappa shape index (κ3) is 1.80. The van der Waals surface area contributed by atoms with Crippen LogP contribution in [0.3, 0.4) is 0 Å². The van der Waals surface area contributed by atoms with Crippen LogP contribution in [0.2, 0.25) is 5.28 Å². The van der Waals surface area contributed by atoms with Gasteiger partial charge in [-0.05, 0) is 11.6 Å². The van der Waals surface area contributed by atoms with Crippen LogP contribution in [0.25, 0.3) is 11.2 Å². The Hall–Kier alpha value is -2.08. The molecule has 0 aliphatic rings. The summed E-state index contributed by atoms with van der Waals surface area (Å²) in [5.41, 5.74) is -0.497. The summed E-state index contributed by atoms with van der Waals surface area (Å²) >= 11 is 5.73. The Balaban J connectivity index is 2.95. The fourth-order valence-corrected chi connectivity index (χ4v) is 1.90. The van der Waals surface area contributed by atoms with Crippen molar-refractivity contribution >= 4 is 22.8 Å². The predicted octanol–water partition coefficient (Wildman–Crippen LogP) is 0.912. The summed E-state index contributed by atoms with van der Waals surface area (Å²) in [6, 6.07) is 0. The van der Waals surface area contributed by atoms with E-state index in [0.717, 1.165) is 4.57 Å². The first-order valence-corrected chi connectivity index (χ1v) is 5.58. The molecule has 94 valence electrons. The van der Waals surface area contributed by atoms with Gasteiger partial charge in [-0.15, -0.1) is 13.2 Å². The van der Waals surface area contributed by atoms with Gasteiger partial charge >= 0.3 is 5.69 Å². The zero-order chi connectivity index (χ0) is 13.3. The summed E-state index contributed by atoms with van der Waals surface area (Å²) in [5.74, 6) is 0. The van der Waals surface area contributed by atoms with E-state index in [0.29, 0.717) is 0 Å². The number of rotatable bonds is 4. The Morgan fingerprint density at radius 3 is 2.44 bits per heavy atom. The largest absolute Gasteiger partial charge is 0.333 e. The van der Waals surface area contributed by atoms with Crippen molar-refractivity contribution in [1.29, 1.82) is 0 Å². The second-order valence-corrected chi connectivity index (χ2v) is 3.97. The minimum absolute atomic E-state index is 0.0654. The van der Waals surface area contributed by atoms with Gasteiger partial charge < -0.3 is 4.98 Å². The first kappa shape index (κ1) is 12.4. The summed E-state index contributed by atoms with van der Waals surface area (Å²) in [4.78, 5) is 30.8. The molecule has 0 saturated carbocycles. The molecule has 0 fully saturated rings. The quantitative estimate of drug-likeness (QED) is 0.660. The van der Waals surface area contributed by atoms with Crippen molar-refractivity contribution in [2.24, 2.45) is 0 Å². The Bertz CT molecular complexity index is 738. The lowest BCUT2D eigenvalue weighted by atomic mass is 10.4. The molecule has 0 spiro atoms. The highest BCUT2D eigenvalue weighted by molar-refractivity contribution is 6.28. The van der Waals surface area contributed by atoms with Crippen LogP contribution in [0, 0.1) is 0 Å². The van der Waals surface area contributed by atoms with E-state index in [1.807, 2.05) is 0 Å². The third-order valence-electron chi connectivity index (χ3n) is 2.46. The normalized spacial score (nSPS) is 10.7. The van der Waals surface area contributed by atoms with Gasteiger partial charge in [0, 0.05) is 13.1 Å². The van der Waals surface area contributed by atoms with Gasteiger partial charge in [-0.3, -0.25) is 13.9 Å². The molecule has 0 bridgehead atoms. The molecule has 0 aromatic carbocycles. The monoisotopic (exact) mass is 266 g/mol. The van der Waals surface area contributed by atoms with Crippen molar-refractivity contribution in [2.75, 3.05) is 0 Å². The number of hydrogen-bond donors (Lipinski definition) is 1. The van der Waals surface area contributed by atoms with Crippen LogP contribution < -0.4 is 11.2 Å². The predicted molar refractivity (Wildman–Crippen MR) is 70.0 cm³/mol. The summed E-state index contributed by atoms with van der Waals surface area (Å²) in [6.45, 7) is 7.46. The van der Waals surface area contributed by atoms with Crippen molar-refractivity contribution in [3.63, 3.8) is 0 Å². The van der Waals surface area contributed by atoms with Gasteiger partial charge in [0.2, 0.25) is 5.28 Å². The molecular weight excluding hydrogens is 256 g/mol.